The molecule has 1 aliphatic heterocycles. The number of hydrogen-bond donors (Lipinski definition) is 1. The van der Waals surface area contributed by atoms with Gasteiger partial charge in [-0.15, -0.1) is 0 Å². The summed E-state index contributed by atoms with van der Waals surface area (Å²) in [5, 5.41) is 13.5. The number of nitro groups is 1. The minimum Gasteiger partial charge on any atom is -0.372 e. The first-order valence-corrected chi connectivity index (χ1v) is 6.83. The van der Waals surface area contributed by atoms with Crippen LogP contribution in [0, 0.1) is 17.0 Å². The first-order chi connectivity index (χ1) is 9.86. The Morgan fingerprint density at radius 1 is 1.38 bits per heavy atom. The molecule has 1 fully saturated rings. The molecule has 7 nitrogen and oxygen atoms in total. The van der Waals surface area contributed by atoms with Gasteiger partial charge in [0.15, 0.2) is 0 Å². The number of anilines is 1. The van der Waals surface area contributed by atoms with Crippen molar-refractivity contribution >= 4 is 17.4 Å². The normalized spacial score (nSPS) is 22.0. The van der Waals surface area contributed by atoms with Gasteiger partial charge in [-0.2, -0.15) is 0 Å². The number of hydrogen-bond acceptors (Lipinski definition) is 4. The van der Waals surface area contributed by atoms with Crippen LogP contribution in [-0.4, -0.2) is 41.2 Å². The molecule has 2 atom stereocenters. The van der Waals surface area contributed by atoms with E-state index in [1.807, 2.05) is 13.8 Å². The van der Waals surface area contributed by atoms with Crippen molar-refractivity contribution < 1.29 is 14.5 Å². The van der Waals surface area contributed by atoms with E-state index in [-0.39, 0.29) is 23.9 Å². The highest BCUT2D eigenvalue weighted by Gasteiger charge is 2.26. The van der Waals surface area contributed by atoms with Crippen LogP contribution in [0.5, 0.6) is 0 Å². The Bertz CT molecular complexity index is 551. The number of nitro benzene ring substituents is 1. The van der Waals surface area contributed by atoms with Crippen molar-refractivity contribution in [2.45, 2.75) is 33.0 Å². The first kappa shape index (κ1) is 15.2. The van der Waals surface area contributed by atoms with E-state index < -0.39 is 4.92 Å². The summed E-state index contributed by atoms with van der Waals surface area (Å²) in [5.41, 5.74) is 1.20. The molecule has 0 saturated carbocycles. The van der Waals surface area contributed by atoms with Crippen LogP contribution in [-0.2, 0) is 4.74 Å². The number of rotatable bonds is 2. The molecule has 0 unspecified atom stereocenters. The second kappa shape index (κ2) is 6.09. The van der Waals surface area contributed by atoms with Gasteiger partial charge in [0.2, 0.25) is 0 Å². The number of aryl methyl sites for hydroxylation is 1. The molecule has 2 amide bonds. The number of non-ortho nitro benzene ring substituents is 1. The van der Waals surface area contributed by atoms with E-state index in [0.717, 1.165) is 5.56 Å². The van der Waals surface area contributed by atoms with Crippen LogP contribution in [0.25, 0.3) is 0 Å². The van der Waals surface area contributed by atoms with Gasteiger partial charge in [-0.25, -0.2) is 4.79 Å². The average Bonchev–Trinajstić information content (AvgIpc) is 2.39. The van der Waals surface area contributed by atoms with E-state index in [9.17, 15) is 14.9 Å². The molecule has 0 radical (unpaired) electrons. The standard InChI is InChI=1S/C14H19N3O4/c1-9-4-5-12(17(19)20)6-13(9)15-14(18)16-7-10(2)21-11(3)8-16/h4-6,10-11H,7-8H2,1-3H3,(H,15,18)/t10-,11+. The quantitative estimate of drug-likeness (QED) is 0.670. The summed E-state index contributed by atoms with van der Waals surface area (Å²) in [6.45, 7) is 6.63. The van der Waals surface area contributed by atoms with Gasteiger partial charge in [0.25, 0.3) is 5.69 Å². The Kier molecular flexibility index (Phi) is 4.42. The molecule has 1 aromatic rings. The number of morpholine rings is 1. The molecule has 114 valence electrons. The summed E-state index contributed by atoms with van der Waals surface area (Å²) < 4.78 is 5.58. The molecule has 1 saturated heterocycles. The third kappa shape index (κ3) is 3.69. The van der Waals surface area contributed by atoms with E-state index >= 15 is 0 Å². The molecular weight excluding hydrogens is 274 g/mol. The minimum absolute atomic E-state index is 0.0225. The van der Waals surface area contributed by atoms with Gasteiger partial charge in [0.05, 0.1) is 22.8 Å². The Hall–Kier alpha value is -2.15. The maximum Gasteiger partial charge on any atom is 0.322 e. The van der Waals surface area contributed by atoms with Crippen LogP contribution in [0.2, 0.25) is 0 Å². The smallest absolute Gasteiger partial charge is 0.322 e. The summed E-state index contributed by atoms with van der Waals surface area (Å²) in [4.78, 5) is 24.3. The van der Waals surface area contributed by atoms with E-state index in [1.165, 1.54) is 12.1 Å². The second-order valence-electron chi connectivity index (χ2n) is 5.35. The lowest BCUT2D eigenvalue weighted by Crippen LogP contribution is -2.49. The fourth-order valence-electron chi connectivity index (χ4n) is 2.40. The van der Waals surface area contributed by atoms with E-state index in [1.54, 1.807) is 17.9 Å². The molecule has 0 bridgehead atoms. The van der Waals surface area contributed by atoms with Crippen LogP contribution in [0.15, 0.2) is 18.2 Å². The van der Waals surface area contributed by atoms with Crippen LogP contribution in [0.4, 0.5) is 16.2 Å². The number of carbonyl (C=O) groups excluding carboxylic acids is 1. The number of benzene rings is 1. The van der Waals surface area contributed by atoms with Gasteiger partial charge in [-0.05, 0) is 26.3 Å². The molecular formula is C14H19N3O4. The van der Waals surface area contributed by atoms with Gasteiger partial charge < -0.3 is 15.0 Å². The molecule has 7 heteroatoms. The van der Waals surface area contributed by atoms with Crippen molar-refractivity contribution in [2.75, 3.05) is 18.4 Å². The first-order valence-electron chi connectivity index (χ1n) is 6.83. The second-order valence-corrected chi connectivity index (χ2v) is 5.35. The summed E-state index contributed by atoms with van der Waals surface area (Å²) in [7, 11) is 0. The number of urea groups is 1. The van der Waals surface area contributed by atoms with Gasteiger partial charge in [0, 0.05) is 25.2 Å². The molecule has 1 aliphatic rings. The minimum atomic E-state index is -0.478. The highest BCUT2D eigenvalue weighted by molar-refractivity contribution is 5.90. The lowest BCUT2D eigenvalue weighted by molar-refractivity contribution is -0.384. The molecule has 21 heavy (non-hydrogen) atoms. The lowest BCUT2D eigenvalue weighted by Gasteiger charge is -2.35. The monoisotopic (exact) mass is 293 g/mol. The molecule has 2 rings (SSSR count). The summed E-state index contributed by atoms with van der Waals surface area (Å²) in [6.07, 6.45) is -0.0450. The predicted molar refractivity (Wildman–Crippen MR) is 78.4 cm³/mol. The number of carbonyl (C=O) groups is 1. The van der Waals surface area contributed by atoms with Crippen LogP contribution in [0.3, 0.4) is 0 Å². The SMILES string of the molecule is Cc1ccc([N+](=O)[O-])cc1NC(=O)N1C[C@@H](C)O[C@@H](C)C1. The molecule has 1 heterocycles. The molecule has 1 aromatic carbocycles. The van der Waals surface area contributed by atoms with Crippen molar-refractivity contribution in [1.29, 1.82) is 0 Å². The highest BCUT2D eigenvalue weighted by Crippen LogP contribution is 2.22. The van der Waals surface area contributed by atoms with Crippen molar-refractivity contribution in [2.24, 2.45) is 0 Å². The topological polar surface area (TPSA) is 84.7 Å². The fraction of sp³-hybridized carbons (Fsp3) is 0.500. The Labute approximate surface area is 123 Å². The van der Waals surface area contributed by atoms with Gasteiger partial charge in [-0.3, -0.25) is 10.1 Å². The van der Waals surface area contributed by atoms with Crippen LogP contribution < -0.4 is 5.32 Å². The molecule has 1 N–H and O–H groups in total. The van der Waals surface area contributed by atoms with Crippen molar-refractivity contribution in [3.8, 4) is 0 Å². The van der Waals surface area contributed by atoms with Gasteiger partial charge >= 0.3 is 6.03 Å². The zero-order chi connectivity index (χ0) is 15.6. The number of nitrogens with one attached hydrogen (secondary N) is 1. The lowest BCUT2D eigenvalue weighted by atomic mass is 10.2. The van der Waals surface area contributed by atoms with E-state index in [0.29, 0.717) is 18.8 Å². The maximum absolute atomic E-state index is 12.3. The third-order valence-corrected chi connectivity index (χ3v) is 3.38. The van der Waals surface area contributed by atoms with Crippen LogP contribution in [0.1, 0.15) is 19.4 Å². The Morgan fingerprint density at radius 3 is 2.57 bits per heavy atom. The highest BCUT2D eigenvalue weighted by atomic mass is 16.6. The zero-order valence-corrected chi connectivity index (χ0v) is 12.3. The number of nitrogens with zero attached hydrogens (tertiary/aromatic N) is 2. The number of amides is 2. The third-order valence-electron chi connectivity index (χ3n) is 3.38. The summed E-state index contributed by atoms with van der Waals surface area (Å²) >= 11 is 0. The summed E-state index contributed by atoms with van der Waals surface area (Å²) in [5.74, 6) is 0. The van der Waals surface area contributed by atoms with E-state index in [4.69, 9.17) is 4.74 Å². The average molecular weight is 293 g/mol. The van der Waals surface area contributed by atoms with Crippen LogP contribution >= 0.6 is 0 Å². The van der Waals surface area contributed by atoms with Crippen molar-refractivity contribution in [1.82, 2.24) is 4.90 Å². The molecule has 0 aromatic heterocycles. The zero-order valence-electron chi connectivity index (χ0n) is 12.3. The van der Waals surface area contributed by atoms with Crippen molar-refractivity contribution in [3.05, 3.63) is 33.9 Å². The number of ether oxygens (including phenoxy) is 1. The van der Waals surface area contributed by atoms with Gasteiger partial charge in [-0.1, -0.05) is 6.07 Å². The fourth-order valence-corrected chi connectivity index (χ4v) is 2.40. The Balaban J connectivity index is 2.12. The van der Waals surface area contributed by atoms with Crippen molar-refractivity contribution in [3.63, 3.8) is 0 Å². The summed E-state index contributed by atoms with van der Waals surface area (Å²) in [6, 6.07) is 4.16. The van der Waals surface area contributed by atoms with Gasteiger partial charge in [0.1, 0.15) is 0 Å². The molecule has 0 aliphatic carbocycles. The van der Waals surface area contributed by atoms with E-state index in [2.05, 4.69) is 5.32 Å². The largest absolute Gasteiger partial charge is 0.372 e. The Morgan fingerprint density at radius 2 is 2.00 bits per heavy atom. The molecule has 0 spiro atoms. The maximum atomic E-state index is 12.3. The predicted octanol–water partition coefficient (Wildman–Crippen LogP) is 2.54.